The summed E-state index contributed by atoms with van der Waals surface area (Å²) < 4.78 is 0. The summed E-state index contributed by atoms with van der Waals surface area (Å²) in [7, 11) is -2.82. The maximum atomic E-state index is 3.69. The van der Waals surface area contributed by atoms with Crippen LogP contribution in [0.2, 0.25) is 58.9 Å². The molecule has 0 radical (unpaired) electrons. The maximum absolute atomic E-state index is 3.69. The Kier molecular flexibility index (Phi) is 11.3. The van der Waals surface area contributed by atoms with Gasteiger partial charge in [-0.25, -0.2) is 0 Å². The van der Waals surface area contributed by atoms with Crippen molar-refractivity contribution >= 4 is 29.4 Å². The van der Waals surface area contributed by atoms with E-state index in [1.54, 1.807) is 0 Å². The minimum absolute atomic E-state index is 0.867. The molecule has 0 aliphatic heterocycles. The van der Waals surface area contributed by atoms with Crippen molar-refractivity contribution in [3.63, 3.8) is 0 Å². The van der Waals surface area contributed by atoms with E-state index in [4.69, 9.17) is 0 Å². The minimum atomic E-state index is -1.03. The van der Waals surface area contributed by atoms with E-state index in [9.17, 15) is 0 Å². The van der Waals surface area contributed by atoms with Crippen molar-refractivity contribution in [1.29, 1.82) is 0 Å². The van der Waals surface area contributed by atoms with Crippen LogP contribution in [0.15, 0.2) is 66.9 Å². The van der Waals surface area contributed by atoms with Gasteiger partial charge >= 0.3 is 0 Å². The molecule has 28 heavy (non-hydrogen) atoms. The lowest BCUT2D eigenvalue weighted by atomic mass is 10.2. The summed E-state index contributed by atoms with van der Waals surface area (Å²) in [5.74, 6) is 0. The summed E-state index contributed by atoms with van der Waals surface area (Å²) in [4.78, 5) is 0. The van der Waals surface area contributed by atoms with Crippen molar-refractivity contribution in [1.82, 2.24) is 0 Å². The van der Waals surface area contributed by atoms with Crippen molar-refractivity contribution in [2.24, 2.45) is 0 Å². The third-order valence-corrected chi connectivity index (χ3v) is 8.83. The van der Waals surface area contributed by atoms with Gasteiger partial charge in [0.1, 0.15) is 0 Å². The smallest absolute Gasteiger partial charge is 0.0775 e. The fourth-order valence-electron chi connectivity index (χ4n) is 2.37. The molecule has 0 amide bonds. The van der Waals surface area contributed by atoms with Gasteiger partial charge in [-0.1, -0.05) is 130 Å². The molecule has 0 nitrogen and oxygen atoms in total. The number of benzene rings is 2. The molecule has 2 rings (SSSR count). The summed E-state index contributed by atoms with van der Waals surface area (Å²) in [5.41, 5.74) is 4.97. The molecule has 0 spiro atoms. The average molecular weight is 429 g/mol. The number of aryl methyl sites for hydroxylation is 1. The van der Waals surface area contributed by atoms with Gasteiger partial charge in [0.25, 0.3) is 0 Å². The van der Waals surface area contributed by atoms with Crippen molar-refractivity contribution in [2.75, 3.05) is 0 Å². The van der Waals surface area contributed by atoms with Crippen LogP contribution in [0.4, 0.5) is 0 Å². The van der Waals surface area contributed by atoms with Gasteiger partial charge in [0, 0.05) is 8.07 Å². The summed E-state index contributed by atoms with van der Waals surface area (Å²) in [6.07, 6.45) is 0. The molecule has 0 N–H and O–H groups in total. The first-order chi connectivity index (χ1) is 12.6. The first kappa shape index (κ1) is 26.8. The molecule has 0 saturated heterocycles. The lowest BCUT2D eigenvalue weighted by Crippen LogP contribution is -2.37. The first-order valence-electron chi connectivity index (χ1n) is 10.4. The molecule has 0 fully saturated rings. The highest BCUT2D eigenvalue weighted by molar-refractivity contribution is 6.88. The van der Waals surface area contributed by atoms with Gasteiger partial charge in [-0.05, 0) is 13.0 Å². The van der Waals surface area contributed by atoms with E-state index in [1.165, 1.54) is 22.4 Å². The average Bonchev–Trinajstić information content (AvgIpc) is 2.54. The van der Waals surface area contributed by atoms with Gasteiger partial charge < -0.3 is 0 Å². The van der Waals surface area contributed by atoms with Gasteiger partial charge in [0.2, 0.25) is 0 Å². The van der Waals surface area contributed by atoms with Crippen LogP contribution in [-0.4, -0.2) is 24.2 Å². The molecule has 0 aromatic heterocycles. The zero-order chi connectivity index (χ0) is 22.0. The monoisotopic (exact) mass is 428 g/mol. The lowest BCUT2D eigenvalue weighted by molar-refractivity contribution is 1.28. The lowest BCUT2D eigenvalue weighted by Gasteiger charge is -2.15. The van der Waals surface area contributed by atoms with Gasteiger partial charge in [0.15, 0.2) is 0 Å². The minimum Gasteiger partial charge on any atom is -0.107 e. The Bertz CT molecular complexity index is 684. The highest BCUT2D eigenvalue weighted by atomic mass is 28.3. The van der Waals surface area contributed by atoms with Crippen LogP contribution in [0.5, 0.6) is 0 Å². The molecule has 0 aliphatic rings. The molecule has 0 atom stereocenters. The van der Waals surface area contributed by atoms with Crippen molar-refractivity contribution in [3.05, 3.63) is 78.0 Å². The summed E-state index contributed by atoms with van der Waals surface area (Å²) in [6.45, 7) is 27.0. The van der Waals surface area contributed by atoms with E-state index in [1.807, 2.05) is 0 Å². The molecule has 156 valence electrons. The molecule has 0 bridgehead atoms. The molecule has 3 heteroatoms. The third kappa shape index (κ3) is 14.8. The van der Waals surface area contributed by atoms with E-state index in [0.29, 0.717) is 0 Å². The Hall–Kier alpha value is -1.17. The van der Waals surface area contributed by atoms with Crippen LogP contribution >= 0.6 is 0 Å². The van der Waals surface area contributed by atoms with Gasteiger partial charge in [0.05, 0.1) is 16.1 Å². The fraction of sp³-hybridized carbons (Fsp3) is 0.440. The SMILES string of the molecule is C=C[Si](C)(C)C.C[Si](C)(C)c1ccccc1.Cc1cccc(C[Si](C)(C)C)c1. The van der Waals surface area contributed by atoms with E-state index in [0.717, 1.165) is 0 Å². The Balaban J connectivity index is 0.000000414. The second kappa shape index (κ2) is 11.7. The Morgan fingerprint density at radius 3 is 1.57 bits per heavy atom. The molecule has 0 heterocycles. The zero-order valence-electron chi connectivity index (χ0n) is 20.2. The predicted octanol–water partition coefficient (Wildman–Crippen LogP) is 7.70. The summed E-state index contributed by atoms with van der Waals surface area (Å²) in [5, 5.41) is 1.54. The van der Waals surface area contributed by atoms with Gasteiger partial charge in [-0.15, -0.1) is 12.3 Å². The Morgan fingerprint density at radius 2 is 1.25 bits per heavy atom. The van der Waals surface area contributed by atoms with E-state index in [-0.39, 0.29) is 0 Å². The molecular weight excluding hydrogens is 385 g/mol. The normalized spacial score (nSPS) is 11.5. The third-order valence-electron chi connectivity index (χ3n) is 4.07. The second-order valence-electron chi connectivity index (χ2n) is 10.9. The Labute approximate surface area is 179 Å². The van der Waals surface area contributed by atoms with E-state index in [2.05, 4.69) is 133 Å². The largest absolute Gasteiger partial charge is 0.107 e. The van der Waals surface area contributed by atoms with E-state index >= 15 is 0 Å². The molecule has 0 aliphatic carbocycles. The van der Waals surface area contributed by atoms with Gasteiger partial charge in [-0.3, -0.25) is 0 Å². The van der Waals surface area contributed by atoms with Crippen LogP contribution in [0, 0.1) is 6.92 Å². The van der Waals surface area contributed by atoms with Crippen LogP contribution in [0.1, 0.15) is 11.1 Å². The summed E-state index contributed by atoms with van der Waals surface area (Å²) in [6, 6.07) is 20.9. The Morgan fingerprint density at radius 1 is 0.750 bits per heavy atom. The van der Waals surface area contributed by atoms with Crippen LogP contribution in [0.3, 0.4) is 0 Å². The molecule has 0 saturated carbocycles. The number of hydrogen-bond acceptors (Lipinski definition) is 0. The van der Waals surface area contributed by atoms with Crippen LogP contribution in [-0.2, 0) is 6.04 Å². The maximum Gasteiger partial charge on any atom is 0.0775 e. The van der Waals surface area contributed by atoms with Crippen molar-refractivity contribution in [3.8, 4) is 0 Å². The quantitative estimate of drug-likeness (QED) is 0.438. The summed E-state index contributed by atoms with van der Waals surface area (Å²) >= 11 is 0. The number of rotatable bonds is 4. The van der Waals surface area contributed by atoms with E-state index < -0.39 is 24.2 Å². The fourth-order valence-corrected chi connectivity index (χ4v) is 5.01. The zero-order valence-corrected chi connectivity index (χ0v) is 23.2. The van der Waals surface area contributed by atoms with Crippen LogP contribution in [0.25, 0.3) is 0 Å². The highest BCUT2D eigenvalue weighted by Crippen LogP contribution is 2.12. The second-order valence-corrected chi connectivity index (χ2v) is 26.6. The van der Waals surface area contributed by atoms with Crippen molar-refractivity contribution < 1.29 is 0 Å². The number of hydrogen-bond donors (Lipinski definition) is 0. The topological polar surface area (TPSA) is 0 Å². The van der Waals surface area contributed by atoms with Gasteiger partial charge in [-0.2, -0.15) is 0 Å². The predicted molar refractivity (Wildman–Crippen MR) is 141 cm³/mol. The standard InChI is InChI=1S/C11H18Si.C9H14Si.C5H12Si/c1-10-6-5-7-11(8-10)9-12(2,3)4;1-10(2,3)9-7-5-4-6-8-9;1-5-6(2,3)4/h5-8H,9H2,1-4H3;4-8H,1-3H3;5H,1H2,2-4H3. The van der Waals surface area contributed by atoms with Crippen molar-refractivity contribution in [2.45, 2.75) is 71.9 Å². The van der Waals surface area contributed by atoms with Crippen LogP contribution < -0.4 is 5.19 Å². The molecule has 2 aromatic carbocycles. The highest BCUT2D eigenvalue weighted by Gasteiger charge is 2.14. The molecular formula is C25H44Si3. The first-order valence-corrected chi connectivity index (χ1v) is 21.2. The molecule has 2 aromatic rings. The molecule has 0 unspecified atom stereocenters.